The van der Waals surface area contributed by atoms with E-state index in [-0.39, 0.29) is 13.1 Å². The molecule has 0 aliphatic carbocycles. The highest BCUT2D eigenvalue weighted by Crippen LogP contribution is 2.38. The molecule has 5 heterocycles. The van der Waals surface area contributed by atoms with Crippen LogP contribution in [0, 0.1) is 0 Å². The summed E-state index contributed by atoms with van der Waals surface area (Å²) < 4.78 is 54.2. The van der Waals surface area contributed by atoms with Gasteiger partial charge in [-0.15, -0.1) is 0 Å². The second-order valence-electron chi connectivity index (χ2n) is 10.7. The van der Waals surface area contributed by atoms with Gasteiger partial charge in [-0.05, 0) is 57.3 Å². The molecule has 2 unspecified atom stereocenters. The Kier molecular flexibility index (Phi) is 6.95. The highest BCUT2D eigenvalue weighted by Gasteiger charge is 2.51. The molecule has 0 aromatic heterocycles. The first-order chi connectivity index (χ1) is 17.1. The van der Waals surface area contributed by atoms with Gasteiger partial charge in [-0.1, -0.05) is 12.2 Å². The molecular formula is C25H38F2N6O2S. The highest BCUT2D eigenvalue weighted by molar-refractivity contribution is 7.90. The molecule has 11 heteroatoms. The fraction of sp³-hybridized carbons (Fsp3) is 0.680. The largest absolute Gasteiger partial charge is 0.369 e. The van der Waals surface area contributed by atoms with Crippen molar-refractivity contribution in [1.82, 2.24) is 24.9 Å². The van der Waals surface area contributed by atoms with Crippen molar-refractivity contribution in [1.29, 1.82) is 0 Å². The number of piperidine rings is 2. The molecule has 0 bridgehead atoms. The topological polar surface area (TPSA) is 85.1 Å². The molecule has 0 amide bonds. The van der Waals surface area contributed by atoms with Gasteiger partial charge in [-0.2, -0.15) is 0 Å². The molecule has 0 aromatic carbocycles. The molecule has 8 nitrogen and oxygen atoms in total. The van der Waals surface area contributed by atoms with Crippen LogP contribution in [0.3, 0.4) is 0 Å². The van der Waals surface area contributed by atoms with Crippen LogP contribution in [0.15, 0.2) is 47.6 Å². The summed E-state index contributed by atoms with van der Waals surface area (Å²) in [5, 5.41) is 8.92. The third-order valence-corrected chi connectivity index (χ3v) is 9.60. The molecule has 3 saturated heterocycles. The zero-order chi connectivity index (χ0) is 25.6. The molecule has 0 aromatic rings. The van der Waals surface area contributed by atoms with Crippen LogP contribution in [-0.4, -0.2) is 91.3 Å². The molecule has 200 valence electrons. The number of halogens is 2. The molecule has 36 heavy (non-hydrogen) atoms. The number of rotatable bonds is 5. The number of nitrogens with two attached hydrogens (primary N) is 1. The molecule has 0 spiro atoms. The fourth-order valence-corrected chi connectivity index (χ4v) is 7.17. The lowest BCUT2D eigenvalue weighted by atomic mass is 10.0. The Morgan fingerprint density at radius 1 is 1.03 bits per heavy atom. The van der Waals surface area contributed by atoms with E-state index in [1.807, 2.05) is 0 Å². The fourth-order valence-electron chi connectivity index (χ4n) is 6.13. The summed E-state index contributed by atoms with van der Waals surface area (Å²) in [5.41, 5.74) is 2.86. The first-order valence-corrected chi connectivity index (χ1v) is 14.6. The number of likely N-dealkylation sites (tertiary alicyclic amines) is 3. The van der Waals surface area contributed by atoms with Crippen LogP contribution < -0.4 is 10.5 Å². The zero-order valence-corrected chi connectivity index (χ0v) is 21.8. The van der Waals surface area contributed by atoms with E-state index < -0.39 is 33.8 Å². The SMILES string of the molecule is CN1CCCC1C1=CN(C2=CC(N3CCC(F)(F)CC3)(S(N)(=O)=O)NC=C2N2CCCCC2)CC=C1. The quantitative estimate of drug-likeness (QED) is 0.571. The minimum Gasteiger partial charge on any atom is -0.369 e. The summed E-state index contributed by atoms with van der Waals surface area (Å²) in [6.45, 7) is 3.27. The lowest BCUT2D eigenvalue weighted by Crippen LogP contribution is -2.67. The Labute approximate surface area is 213 Å². The van der Waals surface area contributed by atoms with E-state index in [4.69, 9.17) is 5.14 Å². The van der Waals surface area contributed by atoms with Crippen molar-refractivity contribution in [2.75, 3.05) is 46.3 Å². The Balaban J connectivity index is 1.55. The normalized spacial score (nSPS) is 32.1. The van der Waals surface area contributed by atoms with Gasteiger partial charge in [-0.25, -0.2) is 22.3 Å². The molecule has 5 aliphatic heterocycles. The zero-order valence-electron chi connectivity index (χ0n) is 21.0. The number of likely N-dealkylation sites (N-methyl/N-ethyl adjacent to an activating group) is 1. The number of hydrogen-bond donors (Lipinski definition) is 2. The minimum atomic E-state index is -4.23. The van der Waals surface area contributed by atoms with Crippen molar-refractivity contribution < 1.29 is 17.2 Å². The van der Waals surface area contributed by atoms with Gasteiger partial charge in [0, 0.05) is 64.0 Å². The van der Waals surface area contributed by atoms with Crippen LogP contribution >= 0.6 is 0 Å². The van der Waals surface area contributed by atoms with Crippen molar-refractivity contribution in [3.05, 3.63) is 47.6 Å². The number of primary sulfonamides is 1. The van der Waals surface area contributed by atoms with E-state index >= 15 is 0 Å². The van der Waals surface area contributed by atoms with Gasteiger partial charge in [0.25, 0.3) is 15.9 Å². The van der Waals surface area contributed by atoms with Crippen LogP contribution in [-0.2, 0) is 10.0 Å². The summed E-state index contributed by atoms with van der Waals surface area (Å²) in [6, 6.07) is 0.320. The van der Waals surface area contributed by atoms with Crippen molar-refractivity contribution in [3.8, 4) is 0 Å². The number of sulfonamides is 1. The average Bonchev–Trinajstić information content (AvgIpc) is 3.29. The maximum atomic E-state index is 14.0. The molecule has 5 aliphatic rings. The van der Waals surface area contributed by atoms with Gasteiger partial charge in [0.15, 0.2) is 0 Å². The first kappa shape index (κ1) is 25.7. The van der Waals surface area contributed by atoms with Gasteiger partial charge in [-0.3, -0.25) is 9.80 Å². The molecule has 2 atom stereocenters. The van der Waals surface area contributed by atoms with E-state index in [9.17, 15) is 17.2 Å². The summed E-state index contributed by atoms with van der Waals surface area (Å²) >= 11 is 0. The number of alkyl halides is 2. The van der Waals surface area contributed by atoms with E-state index in [1.54, 1.807) is 17.2 Å². The van der Waals surface area contributed by atoms with Crippen LogP contribution in [0.5, 0.6) is 0 Å². The predicted octanol–water partition coefficient (Wildman–Crippen LogP) is 2.32. The van der Waals surface area contributed by atoms with Crippen molar-refractivity contribution >= 4 is 10.0 Å². The Morgan fingerprint density at radius 3 is 2.39 bits per heavy atom. The van der Waals surface area contributed by atoms with Crippen molar-refractivity contribution in [3.63, 3.8) is 0 Å². The van der Waals surface area contributed by atoms with Crippen LogP contribution in [0.25, 0.3) is 0 Å². The van der Waals surface area contributed by atoms with Crippen molar-refractivity contribution in [2.45, 2.75) is 61.9 Å². The summed E-state index contributed by atoms with van der Waals surface area (Å²) in [4.78, 5) is 6.50. The maximum Gasteiger partial charge on any atom is 0.251 e. The third kappa shape index (κ3) is 4.82. The average molecular weight is 525 g/mol. The first-order valence-electron chi connectivity index (χ1n) is 13.1. The monoisotopic (exact) mass is 524 g/mol. The van der Waals surface area contributed by atoms with E-state index in [1.165, 1.54) is 12.0 Å². The molecule has 0 saturated carbocycles. The van der Waals surface area contributed by atoms with Gasteiger partial charge in [0.1, 0.15) is 0 Å². The Bertz CT molecular complexity index is 1070. The van der Waals surface area contributed by atoms with Gasteiger partial charge in [0.05, 0.1) is 11.4 Å². The molecule has 5 rings (SSSR count). The van der Waals surface area contributed by atoms with Gasteiger partial charge >= 0.3 is 0 Å². The predicted molar refractivity (Wildman–Crippen MR) is 136 cm³/mol. The smallest absolute Gasteiger partial charge is 0.251 e. The second-order valence-corrected chi connectivity index (χ2v) is 12.4. The lowest BCUT2D eigenvalue weighted by molar-refractivity contribution is -0.0655. The van der Waals surface area contributed by atoms with Crippen molar-refractivity contribution in [2.24, 2.45) is 5.14 Å². The number of hydrogen-bond acceptors (Lipinski definition) is 7. The summed E-state index contributed by atoms with van der Waals surface area (Å²) in [5.74, 6) is -2.80. The third-order valence-electron chi connectivity index (χ3n) is 8.24. The van der Waals surface area contributed by atoms with Crippen LogP contribution in [0.1, 0.15) is 44.9 Å². The summed E-state index contributed by atoms with van der Waals surface area (Å²) in [6.07, 6.45) is 14.5. The summed E-state index contributed by atoms with van der Waals surface area (Å²) in [7, 11) is -2.10. The maximum absolute atomic E-state index is 14.0. The van der Waals surface area contributed by atoms with Gasteiger partial charge < -0.3 is 15.1 Å². The second kappa shape index (κ2) is 9.74. The van der Waals surface area contributed by atoms with Crippen LogP contribution in [0.2, 0.25) is 0 Å². The standard InChI is InChI=1S/C25H38F2N6O2S/c1-30-11-6-8-21(30)20-7-5-14-32(19-20)22-17-25(36(28,34)35,33-15-9-24(26,27)10-16-33)29-18-23(22)31-12-3-2-4-13-31/h5,7,17-19,21,29H,2-4,6,8-16H2,1H3,(H2,28,34,35). The van der Waals surface area contributed by atoms with Gasteiger partial charge in [0.2, 0.25) is 4.99 Å². The molecule has 3 fully saturated rings. The number of nitrogens with zero attached hydrogens (tertiary/aromatic N) is 4. The van der Waals surface area contributed by atoms with E-state index in [0.717, 1.165) is 56.7 Å². The minimum absolute atomic E-state index is 0.0685. The highest BCUT2D eigenvalue weighted by atomic mass is 32.2. The Morgan fingerprint density at radius 2 is 1.75 bits per heavy atom. The lowest BCUT2D eigenvalue weighted by Gasteiger charge is -2.47. The Hall–Kier alpha value is -1.95. The molecule has 0 radical (unpaired) electrons. The van der Waals surface area contributed by atoms with Crippen LogP contribution in [0.4, 0.5) is 8.78 Å². The van der Waals surface area contributed by atoms with E-state index in [0.29, 0.717) is 12.6 Å². The number of nitrogens with one attached hydrogen (secondary N) is 1. The molecular weight excluding hydrogens is 486 g/mol. The molecule has 3 N–H and O–H groups in total. The van der Waals surface area contributed by atoms with E-state index in [2.05, 4.69) is 45.4 Å². The number of dihydropyridines is 1.